The summed E-state index contributed by atoms with van der Waals surface area (Å²) in [6.07, 6.45) is -4.73. The van der Waals surface area contributed by atoms with Crippen LogP contribution >= 0.6 is 0 Å². The summed E-state index contributed by atoms with van der Waals surface area (Å²) in [5.74, 6) is -2.87. The van der Waals surface area contributed by atoms with E-state index in [1.54, 1.807) is 6.07 Å². The molecule has 1 rings (SSSR count). The molecule has 0 N–H and O–H groups in total. The number of halogens is 3. The largest absolute Gasteiger partial charge is 0.393 e. The fourth-order valence-corrected chi connectivity index (χ4v) is 2.01. The monoisotopic (exact) mass is 250 g/mol. The van der Waals surface area contributed by atoms with Gasteiger partial charge in [-0.3, -0.25) is 4.79 Å². The maximum Gasteiger partial charge on any atom is 0.393 e. The van der Waals surface area contributed by atoms with E-state index in [0.29, 0.717) is 0 Å². The fourth-order valence-electron chi connectivity index (χ4n) is 2.01. The van der Waals surface area contributed by atoms with E-state index >= 15 is 0 Å². The Morgan fingerprint density at radius 1 is 1.53 bits per heavy atom. The minimum Gasteiger partial charge on any atom is -0.384 e. The van der Waals surface area contributed by atoms with Gasteiger partial charge in [0.25, 0.3) is 0 Å². The van der Waals surface area contributed by atoms with Crippen LogP contribution in [0.3, 0.4) is 0 Å². The van der Waals surface area contributed by atoms with E-state index in [1.807, 2.05) is 0 Å². The number of nitrogens with zero attached hydrogens (tertiary/aromatic N) is 2. The quantitative estimate of drug-likeness (QED) is 0.755. The highest BCUT2D eigenvalue weighted by atomic mass is 19.4. The normalized spacial score (nSPS) is 24.8. The number of likely N-dealkylation sites (tertiary alicyclic amines) is 1. The third-order valence-electron chi connectivity index (χ3n) is 2.83. The summed E-state index contributed by atoms with van der Waals surface area (Å²) in [7, 11) is 1.33. The Kier molecular flexibility index (Phi) is 4.34. The number of amides is 1. The summed E-state index contributed by atoms with van der Waals surface area (Å²) in [5.41, 5.74) is 0. The first-order valence-corrected chi connectivity index (χ1v) is 5.10. The highest BCUT2D eigenvalue weighted by Crippen LogP contribution is 2.37. The standard InChI is InChI=1S/C10H13F3N2O2/c1-17-6-7-4-15(9(16)2-3-14)5-8(7)10(11,12)13/h7-8H,2,4-6H2,1H3/t7-,8-/m0/s1. The lowest BCUT2D eigenvalue weighted by atomic mass is 9.96. The van der Waals surface area contributed by atoms with E-state index in [-0.39, 0.29) is 26.1 Å². The molecule has 2 atom stereocenters. The number of rotatable bonds is 3. The second-order valence-electron chi connectivity index (χ2n) is 4.00. The van der Waals surface area contributed by atoms with Gasteiger partial charge in [-0.15, -0.1) is 0 Å². The summed E-state index contributed by atoms with van der Waals surface area (Å²) in [5, 5.41) is 8.35. The van der Waals surface area contributed by atoms with Crippen LogP contribution in [0.5, 0.6) is 0 Å². The molecule has 0 unspecified atom stereocenters. The van der Waals surface area contributed by atoms with Crippen molar-refractivity contribution < 1.29 is 22.7 Å². The lowest BCUT2D eigenvalue weighted by Crippen LogP contribution is -2.32. The van der Waals surface area contributed by atoms with Crippen LogP contribution in [0.1, 0.15) is 6.42 Å². The second-order valence-corrected chi connectivity index (χ2v) is 4.00. The molecule has 1 saturated heterocycles. The Hall–Kier alpha value is -1.29. The number of carbonyl (C=O) groups excluding carboxylic acids is 1. The number of hydrogen-bond donors (Lipinski definition) is 0. The van der Waals surface area contributed by atoms with Gasteiger partial charge in [0.1, 0.15) is 6.42 Å². The molecule has 0 bridgehead atoms. The Labute approximate surface area is 96.9 Å². The van der Waals surface area contributed by atoms with Gasteiger partial charge in [-0.25, -0.2) is 0 Å². The van der Waals surface area contributed by atoms with Crippen molar-refractivity contribution in [3.05, 3.63) is 0 Å². The average molecular weight is 250 g/mol. The summed E-state index contributed by atoms with van der Waals surface area (Å²) >= 11 is 0. The molecule has 0 aromatic rings. The molecule has 1 aliphatic heterocycles. The Morgan fingerprint density at radius 3 is 2.65 bits per heavy atom. The predicted molar refractivity (Wildman–Crippen MR) is 51.7 cm³/mol. The smallest absolute Gasteiger partial charge is 0.384 e. The van der Waals surface area contributed by atoms with E-state index in [9.17, 15) is 18.0 Å². The Morgan fingerprint density at radius 2 is 2.18 bits per heavy atom. The van der Waals surface area contributed by atoms with Crippen molar-refractivity contribution in [2.75, 3.05) is 26.8 Å². The number of hydrogen-bond acceptors (Lipinski definition) is 3. The number of ether oxygens (including phenoxy) is 1. The summed E-state index contributed by atoms with van der Waals surface area (Å²) < 4.78 is 42.8. The number of nitriles is 1. The Bertz CT molecular complexity index is 324. The first-order chi connectivity index (χ1) is 7.90. The summed E-state index contributed by atoms with van der Waals surface area (Å²) in [6.45, 7) is -0.420. The topological polar surface area (TPSA) is 53.3 Å². The van der Waals surface area contributed by atoms with Gasteiger partial charge in [-0.05, 0) is 0 Å². The molecular formula is C10H13F3N2O2. The van der Waals surface area contributed by atoms with Crippen molar-refractivity contribution in [3.8, 4) is 6.07 Å². The van der Waals surface area contributed by atoms with E-state index in [2.05, 4.69) is 0 Å². The number of alkyl halides is 3. The van der Waals surface area contributed by atoms with E-state index in [0.717, 1.165) is 4.90 Å². The van der Waals surface area contributed by atoms with Crippen molar-refractivity contribution in [1.29, 1.82) is 5.26 Å². The molecule has 17 heavy (non-hydrogen) atoms. The van der Waals surface area contributed by atoms with E-state index < -0.39 is 23.9 Å². The van der Waals surface area contributed by atoms with Crippen molar-refractivity contribution in [3.63, 3.8) is 0 Å². The zero-order valence-electron chi connectivity index (χ0n) is 9.33. The maximum atomic E-state index is 12.7. The molecule has 7 heteroatoms. The van der Waals surface area contributed by atoms with E-state index in [1.165, 1.54) is 7.11 Å². The molecule has 0 aliphatic carbocycles. The van der Waals surface area contributed by atoms with E-state index in [4.69, 9.17) is 10.00 Å². The predicted octanol–water partition coefficient (Wildman–Crippen LogP) is 1.18. The molecule has 1 fully saturated rings. The highest BCUT2D eigenvalue weighted by Gasteiger charge is 2.50. The maximum absolute atomic E-state index is 12.7. The number of methoxy groups -OCH3 is 1. The van der Waals surface area contributed by atoms with Crippen molar-refractivity contribution in [1.82, 2.24) is 4.90 Å². The highest BCUT2D eigenvalue weighted by molar-refractivity contribution is 5.78. The first kappa shape index (κ1) is 13.8. The van der Waals surface area contributed by atoms with Gasteiger partial charge in [0.2, 0.25) is 5.91 Å². The van der Waals surface area contributed by atoms with Crippen LogP contribution in [0.2, 0.25) is 0 Å². The van der Waals surface area contributed by atoms with Gasteiger partial charge in [-0.1, -0.05) is 0 Å². The zero-order chi connectivity index (χ0) is 13.1. The molecule has 1 aliphatic rings. The minimum atomic E-state index is -4.34. The molecule has 0 saturated carbocycles. The first-order valence-electron chi connectivity index (χ1n) is 5.10. The Balaban J connectivity index is 2.72. The molecule has 0 aromatic carbocycles. The number of carbonyl (C=O) groups is 1. The van der Waals surface area contributed by atoms with Crippen molar-refractivity contribution in [2.24, 2.45) is 11.8 Å². The SMILES string of the molecule is COC[C@@H]1CN(C(=O)CC#N)C[C@@H]1C(F)(F)F. The molecule has 0 aromatic heterocycles. The molecule has 96 valence electrons. The molecule has 0 spiro atoms. The van der Waals surface area contributed by atoms with Crippen molar-refractivity contribution >= 4 is 5.91 Å². The van der Waals surface area contributed by atoms with Gasteiger partial charge < -0.3 is 9.64 Å². The molecule has 4 nitrogen and oxygen atoms in total. The summed E-state index contributed by atoms with van der Waals surface area (Å²) in [6, 6.07) is 1.64. The van der Waals surface area contributed by atoms with Crippen LogP contribution in [0.15, 0.2) is 0 Å². The van der Waals surface area contributed by atoms with Gasteiger partial charge in [-0.2, -0.15) is 18.4 Å². The van der Waals surface area contributed by atoms with Gasteiger partial charge >= 0.3 is 6.18 Å². The summed E-state index contributed by atoms with van der Waals surface area (Å²) in [4.78, 5) is 12.5. The van der Waals surface area contributed by atoms with Crippen molar-refractivity contribution in [2.45, 2.75) is 12.6 Å². The molecule has 0 radical (unpaired) electrons. The third-order valence-corrected chi connectivity index (χ3v) is 2.83. The zero-order valence-corrected chi connectivity index (χ0v) is 9.33. The lowest BCUT2D eigenvalue weighted by Gasteiger charge is -2.19. The van der Waals surface area contributed by atoms with Gasteiger partial charge in [0, 0.05) is 26.1 Å². The lowest BCUT2D eigenvalue weighted by molar-refractivity contribution is -0.183. The minimum absolute atomic E-state index is 0.00146. The third kappa shape index (κ3) is 3.33. The molecular weight excluding hydrogens is 237 g/mol. The molecule has 1 heterocycles. The van der Waals surface area contributed by atoms with Crippen LogP contribution in [-0.2, 0) is 9.53 Å². The van der Waals surface area contributed by atoms with Crippen LogP contribution in [0.4, 0.5) is 13.2 Å². The van der Waals surface area contributed by atoms with Crippen LogP contribution in [0, 0.1) is 23.2 Å². The van der Waals surface area contributed by atoms with Crippen LogP contribution in [-0.4, -0.2) is 43.8 Å². The van der Waals surface area contributed by atoms with Gasteiger partial charge in [0.15, 0.2) is 0 Å². The fraction of sp³-hybridized carbons (Fsp3) is 0.800. The second kappa shape index (κ2) is 5.36. The molecule has 1 amide bonds. The van der Waals surface area contributed by atoms with Crippen LogP contribution < -0.4 is 0 Å². The van der Waals surface area contributed by atoms with Gasteiger partial charge in [0.05, 0.1) is 18.6 Å². The average Bonchev–Trinajstić information content (AvgIpc) is 2.62. The van der Waals surface area contributed by atoms with Crippen LogP contribution in [0.25, 0.3) is 0 Å².